The number of imidazole rings is 1. The first-order chi connectivity index (χ1) is 14.8. The van der Waals surface area contributed by atoms with E-state index in [-0.39, 0.29) is 37.6 Å². The molecule has 10 heteroatoms. The molecule has 2 aromatic carbocycles. The summed E-state index contributed by atoms with van der Waals surface area (Å²) >= 11 is 0. The average molecular weight is 447 g/mol. The van der Waals surface area contributed by atoms with Gasteiger partial charge in [0.2, 0.25) is 0 Å². The van der Waals surface area contributed by atoms with Crippen LogP contribution in [-0.2, 0) is 21.1 Å². The van der Waals surface area contributed by atoms with Crippen molar-refractivity contribution in [2.45, 2.75) is 17.4 Å². The Morgan fingerprint density at radius 3 is 2.68 bits per heavy atom. The number of nitrogens with zero attached hydrogens (tertiary/aromatic N) is 3. The molecule has 1 spiro atoms. The molecule has 7 nitrogen and oxygen atoms in total. The number of carbonyl (C=O) groups excluding carboxylic acids is 1. The van der Waals surface area contributed by atoms with Crippen LogP contribution in [0.2, 0.25) is 0 Å². The number of aromatic nitrogens is 2. The molecule has 2 aliphatic heterocycles. The molecule has 1 aromatic heterocycles. The number of sulfone groups is 1. The predicted molar refractivity (Wildman–Crippen MR) is 108 cm³/mol. The van der Waals surface area contributed by atoms with Gasteiger partial charge in [0.1, 0.15) is 10.9 Å². The van der Waals surface area contributed by atoms with E-state index in [9.17, 15) is 22.0 Å². The van der Waals surface area contributed by atoms with Crippen LogP contribution in [0.1, 0.15) is 10.4 Å². The Morgan fingerprint density at radius 1 is 1.16 bits per heavy atom. The van der Waals surface area contributed by atoms with E-state index in [4.69, 9.17) is 4.74 Å². The number of hydrogen-bond donors (Lipinski definition) is 0. The highest BCUT2D eigenvalue weighted by atomic mass is 32.2. The molecular formula is C21H19F2N3O4S. The number of carbonyl (C=O) groups is 1. The van der Waals surface area contributed by atoms with Crippen molar-refractivity contribution >= 4 is 26.8 Å². The second-order valence-electron chi connectivity index (χ2n) is 8.10. The SMILES string of the molecule is O=C(c1ccc(F)c(F)c1)N1CC2(C1)CS(=O)(=O)[C@@H](Cn1cnc3ccccc31)CO2. The van der Waals surface area contributed by atoms with Crippen LogP contribution < -0.4 is 0 Å². The van der Waals surface area contributed by atoms with Crippen molar-refractivity contribution in [3.8, 4) is 0 Å². The predicted octanol–water partition coefficient (Wildman–Crippen LogP) is 2.02. The fourth-order valence-corrected chi connectivity index (χ4v) is 6.13. The summed E-state index contributed by atoms with van der Waals surface area (Å²) in [5, 5.41) is -0.716. The molecule has 3 aromatic rings. The molecule has 0 saturated carbocycles. The summed E-state index contributed by atoms with van der Waals surface area (Å²) < 4.78 is 60.2. The Balaban J connectivity index is 1.26. The lowest BCUT2D eigenvalue weighted by atomic mass is 9.94. The van der Waals surface area contributed by atoms with E-state index in [2.05, 4.69) is 4.98 Å². The molecule has 2 saturated heterocycles. The van der Waals surface area contributed by atoms with Crippen molar-refractivity contribution < 1.29 is 26.7 Å². The summed E-state index contributed by atoms with van der Waals surface area (Å²) in [4.78, 5) is 18.2. The monoisotopic (exact) mass is 447 g/mol. The van der Waals surface area contributed by atoms with Crippen molar-refractivity contribution in [1.29, 1.82) is 0 Å². The topological polar surface area (TPSA) is 81.5 Å². The fraction of sp³-hybridized carbons (Fsp3) is 0.333. The fourth-order valence-electron chi connectivity index (χ4n) is 4.23. The van der Waals surface area contributed by atoms with E-state index in [0.717, 1.165) is 23.2 Å². The highest BCUT2D eigenvalue weighted by Crippen LogP contribution is 2.34. The molecule has 162 valence electrons. The van der Waals surface area contributed by atoms with E-state index in [1.165, 1.54) is 11.0 Å². The molecule has 0 aliphatic carbocycles. The lowest BCUT2D eigenvalue weighted by molar-refractivity contribution is -0.121. The number of para-hydroxylation sites is 2. The van der Waals surface area contributed by atoms with E-state index >= 15 is 0 Å². The van der Waals surface area contributed by atoms with Crippen LogP contribution in [0.25, 0.3) is 11.0 Å². The Kier molecular flexibility index (Phi) is 4.60. The lowest BCUT2D eigenvalue weighted by Crippen LogP contribution is -2.70. The maximum Gasteiger partial charge on any atom is 0.254 e. The Hall–Kier alpha value is -2.85. The van der Waals surface area contributed by atoms with Crippen molar-refractivity contribution in [1.82, 2.24) is 14.5 Å². The molecule has 2 fully saturated rings. The van der Waals surface area contributed by atoms with Crippen molar-refractivity contribution in [2.24, 2.45) is 0 Å². The van der Waals surface area contributed by atoms with Gasteiger partial charge in [-0.05, 0) is 30.3 Å². The molecular weight excluding hydrogens is 428 g/mol. The quantitative estimate of drug-likeness (QED) is 0.614. The second kappa shape index (κ2) is 7.10. The minimum absolute atomic E-state index is 0.0114. The number of benzene rings is 2. The zero-order chi connectivity index (χ0) is 21.8. The van der Waals surface area contributed by atoms with Crippen LogP contribution in [0.4, 0.5) is 8.78 Å². The Morgan fingerprint density at radius 2 is 1.94 bits per heavy atom. The molecule has 0 radical (unpaired) electrons. The third-order valence-electron chi connectivity index (χ3n) is 5.89. The van der Waals surface area contributed by atoms with Crippen molar-refractivity contribution in [3.63, 3.8) is 0 Å². The van der Waals surface area contributed by atoms with Gasteiger partial charge in [0.05, 0.1) is 42.8 Å². The summed E-state index contributed by atoms with van der Waals surface area (Å²) in [5.41, 5.74) is 0.696. The van der Waals surface area contributed by atoms with Gasteiger partial charge in [0, 0.05) is 12.1 Å². The molecule has 31 heavy (non-hydrogen) atoms. The largest absolute Gasteiger partial charge is 0.369 e. The first-order valence-corrected chi connectivity index (χ1v) is 11.5. The van der Waals surface area contributed by atoms with Crippen LogP contribution in [0, 0.1) is 11.6 Å². The van der Waals surface area contributed by atoms with Crippen molar-refractivity contribution in [2.75, 3.05) is 25.4 Å². The zero-order valence-electron chi connectivity index (χ0n) is 16.4. The number of likely N-dealkylation sites (tertiary alicyclic amines) is 1. The average Bonchev–Trinajstić information content (AvgIpc) is 3.12. The van der Waals surface area contributed by atoms with E-state index in [1.54, 1.807) is 10.9 Å². The smallest absolute Gasteiger partial charge is 0.254 e. The third kappa shape index (κ3) is 3.49. The number of ether oxygens (including phenoxy) is 1. The van der Waals surface area contributed by atoms with E-state index in [0.29, 0.717) is 0 Å². The summed E-state index contributed by atoms with van der Waals surface area (Å²) in [6.07, 6.45) is 1.62. The third-order valence-corrected chi connectivity index (χ3v) is 8.12. The van der Waals surface area contributed by atoms with Gasteiger partial charge in [0.15, 0.2) is 21.5 Å². The highest BCUT2D eigenvalue weighted by molar-refractivity contribution is 7.92. The van der Waals surface area contributed by atoms with Crippen molar-refractivity contribution in [3.05, 3.63) is 66.0 Å². The zero-order valence-corrected chi connectivity index (χ0v) is 17.2. The molecule has 1 atom stereocenters. The van der Waals surface area contributed by atoms with Gasteiger partial charge in [-0.1, -0.05) is 12.1 Å². The first-order valence-electron chi connectivity index (χ1n) is 9.76. The lowest BCUT2D eigenvalue weighted by Gasteiger charge is -2.52. The molecule has 0 unspecified atom stereocenters. The number of halogens is 2. The van der Waals surface area contributed by atoms with Gasteiger partial charge in [0.25, 0.3) is 5.91 Å². The van der Waals surface area contributed by atoms with Crippen LogP contribution in [-0.4, -0.2) is 65.1 Å². The molecule has 3 heterocycles. The second-order valence-corrected chi connectivity index (χ2v) is 10.4. The first kappa shape index (κ1) is 20.1. The van der Waals surface area contributed by atoms with Crippen LogP contribution >= 0.6 is 0 Å². The van der Waals surface area contributed by atoms with Gasteiger partial charge in [-0.3, -0.25) is 4.79 Å². The van der Waals surface area contributed by atoms with Crippen LogP contribution in [0.3, 0.4) is 0 Å². The molecule has 1 amide bonds. The Bertz CT molecular complexity index is 1280. The standard InChI is InChI=1S/C21H19F2N3O4S/c22-16-6-5-14(7-17(16)23)20(27)26-10-21(11-26)12-31(28,29)15(9-30-21)8-25-13-24-18-3-1-2-4-19(18)25/h1-7,13,15H,8-12H2/t15-/m0/s1. The summed E-state index contributed by atoms with van der Waals surface area (Å²) in [6.45, 7) is 0.425. The van der Waals surface area contributed by atoms with Crippen LogP contribution in [0.15, 0.2) is 48.8 Å². The number of hydrogen-bond acceptors (Lipinski definition) is 5. The maximum atomic E-state index is 13.4. The van der Waals surface area contributed by atoms with E-state index in [1.807, 2.05) is 24.3 Å². The minimum Gasteiger partial charge on any atom is -0.369 e. The Labute approximate surface area is 177 Å². The summed E-state index contributed by atoms with van der Waals surface area (Å²) in [5.74, 6) is -2.82. The number of rotatable bonds is 3. The summed E-state index contributed by atoms with van der Waals surface area (Å²) in [6, 6.07) is 10.4. The van der Waals surface area contributed by atoms with Gasteiger partial charge in [-0.15, -0.1) is 0 Å². The van der Waals surface area contributed by atoms with Gasteiger partial charge >= 0.3 is 0 Å². The van der Waals surface area contributed by atoms with Gasteiger partial charge in [-0.25, -0.2) is 22.2 Å². The summed E-state index contributed by atoms with van der Waals surface area (Å²) in [7, 11) is -3.48. The molecule has 0 N–H and O–H groups in total. The number of amides is 1. The normalized spacial score (nSPS) is 21.9. The van der Waals surface area contributed by atoms with Crippen LogP contribution in [0.5, 0.6) is 0 Å². The van der Waals surface area contributed by atoms with Gasteiger partial charge < -0.3 is 14.2 Å². The molecule has 0 bridgehead atoms. The number of fused-ring (bicyclic) bond motifs is 1. The van der Waals surface area contributed by atoms with E-state index < -0.39 is 38.2 Å². The molecule has 5 rings (SSSR count). The maximum absolute atomic E-state index is 13.4. The highest BCUT2D eigenvalue weighted by Gasteiger charge is 2.54. The molecule has 2 aliphatic rings. The van der Waals surface area contributed by atoms with Gasteiger partial charge in [-0.2, -0.15) is 0 Å². The minimum atomic E-state index is -3.48.